The molecule has 0 aromatic heterocycles. The summed E-state index contributed by atoms with van der Waals surface area (Å²) in [4.78, 5) is 0. The Hall–Kier alpha value is -1.40. The zero-order valence-corrected chi connectivity index (χ0v) is 12.9. The number of rotatable bonds is 5. The lowest BCUT2D eigenvalue weighted by Gasteiger charge is -2.13. The summed E-state index contributed by atoms with van der Waals surface area (Å²) in [6.45, 7) is -2.73. The second kappa shape index (κ2) is 7.04. The third-order valence-corrected chi connectivity index (χ3v) is 3.30. The van der Waals surface area contributed by atoms with Crippen molar-refractivity contribution in [1.29, 1.82) is 0 Å². The van der Waals surface area contributed by atoms with Gasteiger partial charge in [0.05, 0.1) is 0 Å². The summed E-state index contributed by atoms with van der Waals surface area (Å²) in [6.07, 6.45) is 0. The highest BCUT2D eigenvalue weighted by Crippen LogP contribution is 2.26. The molecule has 0 aliphatic heterocycles. The van der Waals surface area contributed by atoms with Crippen molar-refractivity contribution in [3.05, 3.63) is 57.3 Å². The highest BCUT2D eigenvalue weighted by Gasteiger charge is 2.10. The van der Waals surface area contributed by atoms with E-state index in [1.54, 1.807) is 12.1 Å². The van der Waals surface area contributed by atoms with E-state index in [0.29, 0.717) is 11.3 Å². The van der Waals surface area contributed by atoms with Crippen molar-refractivity contribution in [1.82, 2.24) is 0 Å². The smallest absolute Gasteiger partial charge is 0.387 e. The summed E-state index contributed by atoms with van der Waals surface area (Å²) >= 11 is 9.01. The molecule has 0 heterocycles. The van der Waals surface area contributed by atoms with Gasteiger partial charge in [0.2, 0.25) is 0 Å². The van der Waals surface area contributed by atoms with Gasteiger partial charge in [0.15, 0.2) is 0 Å². The molecular formula is C14H10BrClF3NO. The number of hydrogen-bond acceptors (Lipinski definition) is 2. The molecule has 0 aliphatic carbocycles. The largest absolute Gasteiger partial charge is 0.434 e. The standard InChI is InChI=1S/C14H10BrClF3NO/c15-9-1-2-13(21-14(18)19)8(3-9)7-20-12-5-10(16)4-11(17)6-12/h1-6,14,20H,7H2. The lowest BCUT2D eigenvalue weighted by molar-refractivity contribution is -0.0504. The van der Waals surface area contributed by atoms with E-state index in [1.165, 1.54) is 24.3 Å². The van der Waals surface area contributed by atoms with Crippen LogP contribution in [0.25, 0.3) is 0 Å². The highest BCUT2D eigenvalue weighted by atomic mass is 79.9. The van der Waals surface area contributed by atoms with Gasteiger partial charge >= 0.3 is 6.61 Å². The molecule has 0 radical (unpaired) electrons. The molecule has 0 fully saturated rings. The third-order valence-electron chi connectivity index (χ3n) is 2.58. The normalized spacial score (nSPS) is 10.8. The minimum Gasteiger partial charge on any atom is -0.434 e. The van der Waals surface area contributed by atoms with Crippen LogP contribution < -0.4 is 10.1 Å². The molecule has 0 amide bonds. The fraction of sp³-hybridized carbons (Fsp3) is 0.143. The molecule has 0 saturated carbocycles. The van der Waals surface area contributed by atoms with Crippen molar-refractivity contribution in [2.75, 3.05) is 5.32 Å². The number of ether oxygens (including phenoxy) is 1. The summed E-state index contributed by atoms with van der Waals surface area (Å²) < 4.78 is 43.1. The number of benzene rings is 2. The summed E-state index contributed by atoms with van der Waals surface area (Å²) in [7, 11) is 0. The van der Waals surface area contributed by atoms with E-state index < -0.39 is 12.4 Å². The Kier molecular flexibility index (Phi) is 5.36. The van der Waals surface area contributed by atoms with Crippen LogP contribution in [0.4, 0.5) is 18.9 Å². The Morgan fingerprint density at radius 2 is 1.95 bits per heavy atom. The van der Waals surface area contributed by atoms with Crippen LogP contribution in [-0.2, 0) is 6.54 Å². The molecule has 2 aromatic carbocycles. The van der Waals surface area contributed by atoms with Gasteiger partial charge in [-0.2, -0.15) is 8.78 Å². The second-order valence-corrected chi connectivity index (χ2v) is 5.49. The minimum atomic E-state index is -2.91. The number of halogens is 5. The summed E-state index contributed by atoms with van der Waals surface area (Å²) in [5.41, 5.74) is 0.952. The summed E-state index contributed by atoms with van der Waals surface area (Å²) in [5.74, 6) is -0.425. The first-order chi connectivity index (χ1) is 9.94. The molecule has 0 bridgehead atoms. The maximum absolute atomic E-state index is 13.2. The molecule has 7 heteroatoms. The van der Waals surface area contributed by atoms with Crippen LogP contribution in [0.1, 0.15) is 5.56 Å². The number of nitrogens with one attached hydrogen (secondary N) is 1. The van der Waals surface area contributed by atoms with E-state index in [1.807, 2.05) is 0 Å². The highest BCUT2D eigenvalue weighted by molar-refractivity contribution is 9.10. The van der Waals surface area contributed by atoms with Crippen molar-refractivity contribution in [3.63, 3.8) is 0 Å². The molecule has 0 saturated heterocycles. The Labute approximate surface area is 133 Å². The van der Waals surface area contributed by atoms with Gasteiger partial charge in [-0.05, 0) is 36.4 Å². The molecule has 112 valence electrons. The van der Waals surface area contributed by atoms with Crippen LogP contribution in [0.3, 0.4) is 0 Å². The van der Waals surface area contributed by atoms with E-state index in [-0.39, 0.29) is 17.3 Å². The van der Waals surface area contributed by atoms with E-state index in [2.05, 4.69) is 26.0 Å². The molecule has 21 heavy (non-hydrogen) atoms. The number of alkyl halides is 2. The first-order valence-electron chi connectivity index (χ1n) is 5.87. The fourth-order valence-corrected chi connectivity index (χ4v) is 2.38. The van der Waals surface area contributed by atoms with Crippen LogP contribution in [0.5, 0.6) is 5.75 Å². The third kappa shape index (κ3) is 4.82. The van der Waals surface area contributed by atoms with Crippen LogP contribution >= 0.6 is 27.5 Å². The first-order valence-corrected chi connectivity index (χ1v) is 7.04. The predicted octanol–water partition coefficient (Wildman–Crippen LogP) is 5.46. The molecule has 0 unspecified atom stereocenters. The number of hydrogen-bond donors (Lipinski definition) is 1. The average Bonchev–Trinajstić information content (AvgIpc) is 2.37. The molecule has 2 nitrogen and oxygen atoms in total. The van der Waals surface area contributed by atoms with E-state index in [0.717, 1.165) is 4.47 Å². The van der Waals surface area contributed by atoms with E-state index >= 15 is 0 Å². The zero-order valence-electron chi connectivity index (χ0n) is 10.5. The maximum Gasteiger partial charge on any atom is 0.387 e. The fourth-order valence-electron chi connectivity index (χ4n) is 1.75. The Bertz CT molecular complexity index is 619. The Morgan fingerprint density at radius 3 is 2.62 bits per heavy atom. The van der Waals surface area contributed by atoms with Crippen molar-refractivity contribution in [2.45, 2.75) is 13.2 Å². The quantitative estimate of drug-likeness (QED) is 0.744. The van der Waals surface area contributed by atoms with Gasteiger partial charge in [0, 0.05) is 27.3 Å². The van der Waals surface area contributed by atoms with Crippen LogP contribution in [0.15, 0.2) is 40.9 Å². The van der Waals surface area contributed by atoms with Crippen molar-refractivity contribution in [2.24, 2.45) is 0 Å². The molecule has 1 N–H and O–H groups in total. The van der Waals surface area contributed by atoms with Crippen molar-refractivity contribution in [3.8, 4) is 5.75 Å². The molecule has 2 rings (SSSR count). The average molecular weight is 381 g/mol. The Morgan fingerprint density at radius 1 is 1.19 bits per heavy atom. The summed E-state index contributed by atoms with van der Waals surface area (Å²) in [6, 6.07) is 8.66. The first kappa shape index (κ1) is 16.0. The SMILES string of the molecule is Fc1cc(Cl)cc(NCc2cc(Br)ccc2OC(F)F)c1. The van der Waals surface area contributed by atoms with Gasteiger partial charge in [-0.25, -0.2) is 4.39 Å². The van der Waals surface area contributed by atoms with Crippen molar-refractivity contribution < 1.29 is 17.9 Å². The molecule has 2 aromatic rings. The van der Waals surface area contributed by atoms with Gasteiger partial charge in [-0.3, -0.25) is 0 Å². The molecule has 0 atom stereocenters. The monoisotopic (exact) mass is 379 g/mol. The van der Waals surface area contributed by atoms with Gasteiger partial charge in [-0.15, -0.1) is 0 Å². The zero-order chi connectivity index (χ0) is 15.4. The van der Waals surface area contributed by atoms with Gasteiger partial charge in [0.1, 0.15) is 11.6 Å². The summed E-state index contributed by atoms with van der Waals surface area (Å²) in [5, 5.41) is 3.16. The van der Waals surface area contributed by atoms with E-state index in [4.69, 9.17) is 11.6 Å². The lowest BCUT2D eigenvalue weighted by Crippen LogP contribution is -2.07. The number of anilines is 1. The van der Waals surface area contributed by atoms with E-state index in [9.17, 15) is 13.2 Å². The van der Waals surface area contributed by atoms with Crippen LogP contribution in [-0.4, -0.2) is 6.61 Å². The Balaban J connectivity index is 2.16. The lowest BCUT2D eigenvalue weighted by atomic mass is 10.2. The topological polar surface area (TPSA) is 21.3 Å². The molecular weight excluding hydrogens is 371 g/mol. The van der Waals surface area contributed by atoms with Crippen molar-refractivity contribution >= 4 is 33.2 Å². The van der Waals surface area contributed by atoms with Gasteiger partial charge in [-0.1, -0.05) is 27.5 Å². The maximum atomic E-state index is 13.2. The van der Waals surface area contributed by atoms with Gasteiger partial charge in [0.25, 0.3) is 0 Å². The van der Waals surface area contributed by atoms with Crippen LogP contribution in [0.2, 0.25) is 5.02 Å². The molecule has 0 aliphatic rings. The van der Waals surface area contributed by atoms with Gasteiger partial charge < -0.3 is 10.1 Å². The minimum absolute atomic E-state index is 0.0585. The second-order valence-electron chi connectivity index (χ2n) is 4.14. The van der Waals surface area contributed by atoms with Crippen LogP contribution in [0, 0.1) is 5.82 Å². The predicted molar refractivity (Wildman–Crippen MR) is 79.5 cm³/mol. The molecule has 0 spiro atoms.